The van der Waals surface area contributed by atoms with Gasteiger partial charge in [-0.1, -0.05) is 84.9 Å². The van der Waals surface area contributed by atoms with E-state index in [4.69, 9.17) is 0 Å². The molecule has 4 rings (SSSR count). The molecule has 26 heavy (non-hydrogen) atoms. The maximum atomic E-state index is 14.6. The topological polar surface area (TPSA) is 3.24 Å². The number of hydrogen-bond acceptors (Lipinski definition) is 1. The first-order valence-corrected chi connectivity index (χ1v) is 8.91. The van der Waals surface area contributed by atoms with Gasteiger partial charge in [0.1, 0.15) is 0 Å². The van der Waals surface area contributed by atoms with Crippen LogP contribution < -0.4 is 0 Å². The number of hydrogen-bond donors (Lipinski definition) is 0. The molecule has 1 aliphatic heterocycles. The Balaban J connectivity index is 1.51. The number of halogens is 2. The summed E-state index contributed by atoms with van der Waals surface area (Å²) in [6, 6.07) is 27.4. The number of rotatable bonds is 4. The van der Waals surface area contributed by atoms with Gasteiger partial charge in [-0.15, -0.1) is 0 Å². The van der Waals surface area contributed by atoms with E-state index >= 15 is 0 Å². The standard InChI is InChI=1S/C23H21F2N/c24-23(25)17-26(15-18-7-3-1-4-8-18)16-22(23)21-13-11-20(12-14-21)19-9-5-2-6-10-19/h1-14,22H,15-17H2/i24-1. The van der Waals surface area contributed by atoms with Crippen molar-refractivity contribution in [3.05, 3.63) is 96.1 Å². The predicted molar refractivity (Wildman–Crippen MR) is 101 cm³/mol. The summed E-state index contributed by atoms with van der Waals surface area (Å²) in [6.07, 6.45) is 0. The normalized spacial score (nSPS) is 23.2. The van der Waals surface area contributed by atoms with E-state index in [9.17, 15) is 8.78 Å². The highest BCUT2D eigenvalue weighted by Gasteiger charge is 2.48. The van der Waals surface area contributed by atoms with Gasteiger partial charge in [0.2, 0.25) is 0 Å². The molecule has 3 aromatic carbocycles. The van der Waals surface area contributed by atoms with Gasteiger partial charge in [-0.25, -0.2) is 8.78 Å². The van der Waals surface area contributed by atoms with E-state index in [1.807, 2.05) is 89.8 Å². The first-order valence-electron chi connectivity index (χ1n) is 8.91. The second-order valence-corrected chi connectivity index (χ2v) is 6.96. The van der Waals surface area contributed by atoms with E-state index in [1.54, 1.807) is 0 Å². The van der Waals surface area contributed by atoms with Crippen LogP contribution in [0.4, 0.5) is 8.78 Å². The van der Waals surface area contributed by atoms with Crippen LogP contribution in [0.3, 0.4) is 0 Å². The molecule has 0 bridgehead atoms. The van der Waals surface area contributed by atoms with Crippen LogP contribution in [-0.4, -0.2) is 23.9 Å². The highest BCUT2D eigenvalue weighted by atomic mass is 19.2. The summed E-state index contributed by atoms with van der Waals surface area (Å²) in [5, 5.41) is 0. The summed E-state index contributed by atoms with van der Waals surface area (Å²) in [4.78, 5) is 1.85. The lowest BCUT2D eigenvalue weighted by Crippen LogP contribution is -2.26. The van der Waals surface area contributed by atoms with Gasteiger partial charge < -0.3 is 0 Å². The van der Waals surface area contributed by atoms with Crippen molar-refractivity contribution in [2.75, 3.05) is 13.1 Å². The smallest absolute Gasteiger partial charge is 0.268 e. The Morgan fingerprint density at radius 3 is 2.00 bits per heavy atom. The molecule has 0 N–H and O–H groups in total. The predicted octanol–water partition coefficient (Wildman–Crippen LogP) is 5.59. The van der Waals surface area contributed by atoms with Gasteiger partial charge in [0, 0.05) is 13.1 Å². The fraction of sp³-hybridized carbons (Fsp3) is 0.217. The molecule has 3 heteroatoms. The first-order chi connectivity index (χ1) is 12.6. The average Bonchev–Trinajstić information content (AvgIpc) is 2.97. The van der Waals surface area contributed by atoms with Gasteiger partial charge in [-0.2, -0.15) is 0 Å². The number of nitrogens with zero attached hydrogens (tertiary/aromatic N) is 1. The molecular formula is C23H21F2N. The van der Waals surface area contributed by atoms with Crippen LogP contribution >= 0.6 is 0 Å². The van der Waals surface area contributed by atoms with Crippen LogP contribution in [-0.2, 0) is 6.54 Å². The molecule has 0 radical (unpaired) electrons. The summed E-state index contributed by atoms with van der Waals surface area (Å²) in [7, 11) is 0. The third-order valence-electron chi connectivity index (χ3n) is 5.05. The highest BCUT2D eigenvalue weighted by molar-refractivity contribution is 5.63. The van der Waals surface area contributed by atoms with Gasteiger partial charge in [0.25, 0.3) is 5.92 Å². The fourth-order valence-corrected chi connectivity index (χ4v) is 3.71. The van der Waals surface area contributed by atoms with Crippen molar-refractivity contribution in [2.45, 2.75) is 18.4 Å². The van der Waals surface area contributed by atoms with Crippen molar-refractivity contribution >= 4 is 0 Å². The van der Waals surface area contributed by atoms with Gasteiger partial charge in [-0.05, 0) is 22.3 Å². The van der Waals surface area contributed by atoms with E-state index in [0.29, 0.717) is 18.7 Å². The third kappa shape index (κ3) is 3.54. The maximum absolute atomic E-state index is 14.6. The lowest BCUT2D eigenvalue weighted by Gasteiger charge is -2.18. The zero-order chi connectivity index (χ0) is 18.0. The summed E-state index contributed by atoms with van der Waals surface area (Å²) < 4.78 is 29.3. The number of likely N-dealkylation sites (tertiary alicyclic amines) is 1. The highest BCUT2D eigenvalue weighted by Crippen LogP contribution is 2.41. The van der Waals surface area contributed by atoms with Crippen LogP contribution in [0.1, 0.15) is 17.0 Å². The van der Waals surface area contributed by atoms with Crippen LogP contribution in [0.15, 0.2) is 84.9 Å². The van der Waals surface area contributed by atoms with E-state index < -0.39 is 11.8 Å². The van der Waals surface area contributed by atoms with E-state index in [0.717, 1.165) is 16.7 Å². The Labute approximate surface area is 152 Å². The first kappa shape index (κ1) is 16.9. The van der Waals surface area contributed by atoms with Gasteiger partial charge in [-0.3, -0.25) is 4.90 Å². The monoisotopic (exact) mass is 348 g/mol. The zero-order valence-electron chi connectivity index (χ0n) is 14.5. The molecule has 1 saturated heterocycles. The molecule has 1 heterocycles. The average molecular weight is 348 g/mol. The van der Waals surface area contributed by atoms with Crippen molar-refractivity contribution in [2.24, 2.45) is 0 Å². The molecule has 132 valence electrons. The Morgan fingerprint density at radius 2 is 1.35 bits per heavy atom. The van der Waals surface area contributed by atoms with Crippen molar-refractivity contribution < 1.29 is 8.78 Å². The molecule has 2 unspecified atom stereocenters. The largest absolute Gasteiger partial charge is 0.292 e. The molecule has 2 atom stereocenters. The summed E-state index contributed by atoms with van der Waals surface area (Å²) in [5.74, 6) is -3.46. The summed E-state index contributed by atoms with van der Waals surface area (Å²) in [5.41, 5.74) is 3.94. The van der Waals surface area contributed by atoms with Gasteiger partial charge >= 0.3 is 0 Å². The molecular weight excluding hydrogens is 327 g/mol. The Morgan fingerprint density at radius 1 is 0.769 bits per heavy atom. The van der Waals surface area contributed by atoms with Crippen molar-refractivity contribution in [3.63, 3.8) is 0 Å². The van der Waals surface area contributed by atoms with E-state index in [2.05, 4.69) is 0 Å². The molecule has 1 aliphatic rings. The minimum Gasteiger partial charge on any atom is -0.292 e. The molecule has 3 aromatic rings. The second kappa shape index (κ2) is 7.00. The van der Waals surface area contributed by atoms with Crippen molar-refractivity contribution in [1.82, 2.24) is 4.90 Å². The Kier molecular flexibility index (Phi) is 4.56. The molecule has 1 nitrogen and oxygen atoms in total. The molecule has 0 saturated carbocycles. The minimum absolute atomic E-state index is 0.188. The van der Waals surface area contributed by atoms with Crippen LogP contribution in [0, 0.1) is 0 Å². The SMILES string of the molecule is FC1([18F])CN(Cc2ccccc2)CC1c1ccc(-c2ccccc2)cc1. The second-order valence-electron chi connectivity index (χ2n) is 6.96. The lowest BCUT2D eigenvalue weighted by molar-refractivity contribution is -0.00344. The summed E-state index contributed by atoms with van der Waals surface area (Å²) in [6.45, 7) is 0.759. The van der Waals surface area contributed by atoms with Crippen molar-refractivity contribution in [1.29, 1.82) is 0 Å². The summed E-state index contributed by atoms with van der Waals surface area (Å²) >= 11 is 0. The molecule has 0 aliphatic carbocycles. The minimum atomic E-state index is -2.71. The Hall–Kier alpha value is -2.52. The number of alkyl halides is 2. The third-order valence-corrected chi connectivity index (χ3v) is 5.05. The molecule has 0 amide bonds. The van der Waals surface area contributed by atoms with E-state index in [1.165, 1.54) is 0 Å². The fourth-order valence-electron chi connectivity index (χ4n) is 3.71. The van der Waals surface area contributed by atoms with Crippen molar-refractivity contribution in [3.8, 4) is 11.1 Å². The van der Waals surface area contributed by atoms with Crippen LogP contribution in [0.2, 0.25) is 0 Å². The lowest BCUT2D eigenvalue weighted by atomic mass is 9.93. The van der Waals surface area contributed by atoms with Crippen LogP contribution in [0.5, 0.6) is 0 Å². The van der Waals surface area contributed by atoms with Crippen LogP contribution in [0.25, 0.3) is 11.1 Å². The Bertz CT molecular complexity index is 844. The number of benzene rings is 3. The van der Waals surface area contributed by atoms with E-state index in [-0.39, 0.29) is 6.54 Å². The zero-order valence-corrected chi connectivity index (χ0v) is 14.5. The molecule has 0 spiro atoms. The van der Waals surface area contributed by atoms with Gasteiger partial charge in [0.05, 0.1) is 12.5 Å². The molecule has 0 aromatic heterocycles. The quantitative estimate of drug-likeness (QED) is 0.594. The molecule has 1 fully saturated rings. The van der Waals surface area contributed by atoms with Gasteiger partial charge in [0.15, 0.2) is 0 Å². The maximum Gasteiger partial charge on any atom is 0.268 e.